The Morgan fingerprint density at radius 1 is 1.21 bits per heavy atom. The molecular formula is C19H19ClN6O3. The highest BCUT2D eigenvalue weighted by Gasteiger charge is 2.26. The number of piperidine rings is 1. The van der Waals surface area contributed by atoms with Crippen molar-refractivity contribution in [2.75, 3.05) is 30.4 Å². The number of benzene rings is 1. The highest BCUT2D eigenvalue weighted by molar-refractivity contribution is 6.33. The van der Waals surface area contributed by atoms with E-state index in [1.54, 1.807) is 23.0 Å². The number of amides is 1. The van der Waals surface area contributed by atoms with Gasteiger partial charge in [-0.25, -0.2) is 4.79 Å². The van der Waals surface area contributed by atoms with Crippen LogP contribution in [-0.4, -0.2) is 51.9 Å². The highest BCUT2D eigenvalue weighted by Crippen LogP contribution is 2.27. The average Bonchev–Trinajstić information content (AvgIpc) is 3.22. The summed E-state index contributed by atoms with van der Waals surface area (Å²) in [6.45, 7) is 1.41. The predicted molar refractivity (Wildman–Crippen MR) is 107 cm³/mol. The number of methoxy groups -OCH3 is 1. The second-order valence-corrected chi connectivity index (χ2v) is 7.17. The fourth-order valence-corrected chi connectivity index (χ4v) is 3.52. The molecule has 3 aromatic rings. The minimum Gasteiger partial charge on any atom is -0.465 e. The van der Waals surface area contributed by atoms with Gasteiger partial charge in [-0.3, -0.25) is 4.79 Å². The molecule has 0 aliphatic carbocycles. The highest BCUT2D eigenvalue weighted by atomic mass is 35.5. The molecule has 0 unspecified atom stereocenters. The number of aromatic nitrogens is 4. The van der Waals surface area contributed by atoms with Crippen molar-refractivity contribution in [3.05, 3.63) is 47.2 Å². The van der Waals surface area contributed by atoms with Gasteiger partial charge in [0, 0.05) is 19.0 Å². The molecule has 29 heavy (non-hydrogen) atoms. The number of halogens is 1. The maximum Gasteiger partial charge on any atom is 0.337 e. The second kappa shape index (κ2) is 8.04. The largest absolute Gasteiger partial charge is 0.465 e. The van der Waals surface area contributed by atoms with Gasteiger partial charge in [-0.2, -0.15) is 4.52 Å². The lowest BCUT2D eigenvalue weighted by Crippen LogP contribution is -2.38. The van der Waals surface area contributed by atoms with Gasteiger partial charge in [0.15, 0.2) is 5.65 Å². The first-order valence-corrected chi connectivity index (χ1v) is 9.53. The molecule has 10 heteroatoms. The second-order valence-electron chi connectivity index (χ2n) is 6.76. The summed E-state index contributed by atoms with van der Waals surface area (Å²) in [6, 6.07) is 8.42. The van der Waals surface area contributed by atoms with Gasteiger partial charge in [-0.1, -0.05) is 11.6 Å². The molecule has 1 N–H and O–H groups in total. The zero-order valence-corrected chi connectivity index (χ0v) is 16.5. The average molecular weight is 415 g/mol. The number of carbonyl (C=O) groups is 2. The normalized spacial score (nSPS) is 14.8. The minimum atomic E-state index is -0.483. The van der Waals surface area contributed by atoms with Gasteiger partial charge in [-0.05, 0) is 43.2 Å². The van der Waals surface area contributed by atoms with Gasteiger partial charge in [-0.15, -0.1) is 15.3 Å². The summed E-state index contributed by atoms with van der Waals surface area (Å²) in [5.41, 5.74) is 1.42. The molecule has 0 atom stereocenters. The van der Waals surface area contributed by atoms with Crippen LogP contribution in [0.25, 0.3) is 5.65 Å². The van der Waals surface area contributed by atoms with Crippen LogP contribution in [0, 0.1) is 5.92 Å². The molecule has 0 saturated carbocycles. The number of nitrogens with zero attached hydrogens (tertiary/aromatic N) is 5. The zero-order valence-electron chi connectivity index (χ0n) is 15.7. The summed E-state index contributed by atoms with van der Waals surface area (Å²) < 4.78 is 6.34. The van der Waals surface area contributed by atoms with Gasteiger partial charge >= 0.3 is 5.97 Å². The topological polar surface area (TPSA) is 102 Å². The van der Waals surface area contributed by atoms with Crippen molar-refractivity contribution in [2.45, 2.75) is 12.8 Å². The van der Waals surface area contributed by atoms with Crippen LogP contribution in [0.2, 0.25) is 5.02 Å². The van der Waals surface area contributed by atoms with Crippen LogP contribution in [0.4, 0.5) is 11.5 Å². The molecular weight excluding hydrogens is 396 g/mol. The van der Waals surface area contributed by atoms with Crippen LogP contribution in [0.5, 0.6) is 0 Å². The zero-order chi connectivity index (χ0) is 20.4. The first kappa shape index (κ1) is 19.1. The fourth-order valence-electron chi connectivity index (χ4n) is 3.36. The third-order valence-corrected chi connectivity index (χ3v) is 5.31. The molecule has 1 fully saturated rings. The number of esters is 1. The van der Waals surface area contributed by atoms with Gasteiger partial charge in [0.05, 0.1) is 23.4 Å². The van der Waals surface area contributed by atoms with Crippen molar-refractivity contribution in [1.29, 1.82) is 0 Å². The smallest absolute Gasteiger partial charge is 0.337 e. The van der Waals surface area contributed by atoms with E-state index in [0.717, 1.165) is 5.82 Å². The number of anilines is 2. The minimum absolute atomic E-state index is 0.115. The van der Waals surface area contributed by atoms with Crippen molar-refractivity contribution in [3.8, 4) is 0 Å². The molecule has 0 bridgehead atoms. The lowest BCUT2D eigenvalue weighted by molar-refractivity contribution is -0.120. The SMILES string of the molecule is COC(=O)c1ccc(Cl)c(NC(=O)C2CCN(c3ccc4nncn4n3)CC2)c1. The van der Waals surface area contributed by atoms with Crippen LogP contribution >= 0.6 is 11.6 Å². The number of hydrogen-bond acceptors (Lipinski definition) is 7. The summed E-state index contributed by atoms with van der Waals surface area (Å²) in [5.74, 6) is 0.0755. The summed E-state index contributed by atoms with van der Waals surface area (Å²) in [6.07, 6.45) is 2.93. The Hall–Kier alpha value is -3.20. The Bertz CT molecular complexity index is 1060. The van der Waals surface area contributed by atoms with E-state index in [1.807, 2.05) is 12.1 Å². The number of hydrogen-bond donors (Lipinski definition) is 1. The number of ether oxygens (including phenoxy) is 1. The number of nitrogens with one attached hydrogen (secondary N) is 1. The van der Waals surface area contributed by atoms with Gasteiger partial charge in [0.1, 0.15) is 12.1 Å². The van der Waals surface area contributed by atoms with Gasteiger partial charge in [0.2, 0.25) is 5.91 Å². The van der Waals surface area contributed by atoms with Crippen LogP contribution < -0.4 is 10.2 Å². The summed E-state index contributed by atoms with van der Waals surface area (Å²) in [4.78, 5) is 26.5. The van der Waals surface area contributed by atoms with E-state index < -0.39 is 5.97 Å². The summed E-state index contributed by atoms with van der Waals surface area (Å²) in [5, 5.41) is 15.5. The third-order valence-electron chi connectivity index (χ3n) is 4.98. The van der Waals surface area contributed by atoms with Crippen molar-refractivity contribution in [1.82, 2.24) is 19.8 Å². The third kappa shape index (κ3) is 4.00. The molecule has 0 spiro atoms. The Kier molecular flexibility index (Phi) is 5.30. The van der Waals surface area contributed by atoms with Gasteiger partial charge in [0.25, 0.3) is 0 Å². The molecule has 9 nitrogen and oxygen atoms in total. The van der Waals surface area contributed by atoms with Crippen molar-refractivity contribution in [3.63, 3.8) is 0 Å². The van der Waals surface area contributed by atoms with Crippen LogP contribution in [0.3, 0.4) is 0 Å². The van der Waals surface area contributed by atoms with Crippen molar-refractivity contribution in [2.24, 2.45) is 5.92 Å². The summed E-state index contributed by atoms with van der Waals surface area (Å²) >= 11 is 6.17. The predicted octanol–water partition coefficient (Wildman–Crippen LogP) is 2.42. The van der Waals surface area contributed by atoms with Gasteiger partial charge < -0.3 is 15.0 Å². The molecule has 1 aliphatic rings. The first-order valence-electron chi connectivity index (χ1n) is 9.16. The van der Waals surface area contributed by atoms with E-state index in [0.29, 0.717) is 47.9 Å². The molecule has 1 saturated heterocycles. The fraction of sp³-hybridized carbons (Fsp3) is 0.316. The van der Waals surface area contributed by atoms with E-state index in [9.17, 15) is 9.59 Å². The Morgan fingerprint density at radius 2 is 2.00 bits per heavy atom. The maximum absolute atomic E-state index is 12.7. The maximum atomic E-state index is 12.7. The van der Waals surface area contributed by atoms with E-state index in [-0.39, 0.29) is 11.8 Å². The first-order chi connectivity index (χ1) is 14.0. The molecule has 1 amide bonds. The number of rotatable bonds is 4. The molecule has 4 rings (SSSR count). The number of carbonyl (C=O) groups excluding carboxylic acids is 2. The van der Waals surface area contributed by atoms with Crippen LogP contribution in [-0.2, 0) is 9.53 Å². The molecule has 150 valence electrons. The molecule has 2 aromatic heterocycles. The Morgan fingerprint density at radius 3 is 2.76 bits per heavy atom. The van der Waals surface area contributed by atoms with E-state index in [4.69, 9.17) is 16.3 Å². The van der Waals surface area contributed by atoms with Crippen LogP contribution in [0.1, 0.15) is 23.2 Å². The number of fused-ring (bicyclic) bond motifs is 1. The monoisotopic (exact) mass is 414 g/mol. The van der Waals surface area contributed by atoms with Crippen molar-refractivity contribution < 1.29 is 14.3 Å². The molecule has 1 aromatic carbocycles. The standard InChI is InChI=1S/C19H19ClN6O3/c1-29-19(28)13-2-3-14(20)15(10-13)22-18(27)12-6-8-25(9-7-12)17-5-4-16-23-21-11-26(16)24-17/h2-5,10-12H,6-9H2,1H3,(H,22,27). The van der Waals surface area contributed by atoms with Crippen molar-refractivity contribution >= 4 is 40.6 Å². The Balaban J connectivity index is 1.39. The molecule has 1 aliphatic heterocycles. The quantitative estimate of drug-likeness (QED) is 0.654. The van der Waals surface area contributed by atoms with E-state index in [1.165, 1.54) is 13.2 Å². The molecule has 3 heterocycles. The van der Waals surface area contributed by atoms with E-state index in [2.05, 4.69) is 25.5 Å². The molecule has 0 radical (unpaired) electrons. The lowest BCUT2D eigenvalue weighted by Gasteiger charge is -2.32. The summed E-state index contributed by atoms with van der Waals surface area (Å²) in [7, 11) is 1.30. The Labute approximate surface area is 171 Å². The van der Waals surface area contributed by atoms with E-state index >= 15 is 0 Å². The lowest BCUT2D eigenvalue weighted by atomic mass is 9.95. The van der Waals surface area contributed by atoms with Crippen LogP contribution in [0.15, 0.2) is 36.7 Å².